The van der Waals surface area contributed by atoms with Gasteiger partial charge in [0.15, 0.2) is 0 Å². The fourth-order valence-electron chi connectivity index (χ4n) is 0.496. The first-order valence-corrected chi connectivity index (χ1v) is 4.29. The molecule has 3 heteroatoms. The molecule has 0 heterocycles. The topological polar surface area (TPSA) is 38.4 Å². The van der Waals surface area contributed by atoms with Crippen molar-refractivity contribution in [1.82, 2.24) is 0 Å². The minimum absolute atomic E-state index is 0.887. The smallest absolute Gasteiger partial charge is 0.0521 e. The van der Waals surface area contributed by atoms with E-state index in [1.807, 2.05) is 18.8 Å². The quantitative estimate of drug-likeness (QED) is 0.326. The second-order valence-corrected chi connectivity index (χ2v) is 2.42. The number of allylic oxidation sites excluding steroid dienone is 1. The molecule has 0 radical (unpaired) electrons. The third-order valence-electron chi connectivity index (χ3n) is 0.907. The van der Waals surface area contributed by atoms with E-state index < -0.39 is 0 Å². The van der Waals surface area contributed by atoms with Gasteiger partial charge in [-0.05, 0) is 19.2 Å². The first-order valence-electron chi connectivity index (χ1n) is 3.14. The van der Waals surface area contributed by atoms with E-state index in [9.17, 15) is 0 Å². The summed E-state index contributed by atoms with van der Waals surface area (Å²) < 4.78 is 0. The summed E-state index contributed by atoms with van der Waals surface area (Å²) in [5.74, 6) is 1.94. The Kier molecular flexibility index (Phi) is 5.21. The summed E-state index contributed by atoms with van der Waals surface area (Å²) in [6, 6.07) is 0. The Morgan fingerprint density at radius 3 is 2.89 bits per heavy atom. The van der Waals surface area contributed by atoms with Gasteiger partial charge in [-0.2, -0.15) is 0 Å². The maximum atomic E-state index is 5.39. The van der Waals surface area contributed by atoms with Crippen LogP contribution in [-0.2, 0) is 0 Å². The number of nitrogens with zero attached hydrogens (tertiary/aromatic N) is 1. The number of nitrogens with two attached hydrogens (primary N) is 1. The first kappa shape index (κ1) is 8.43. The van der Waals surface area contributed by atoms with Crippen molar-refractivity contribution in [3.63, 3.8) is 0 Å². The number of hydrogen-bond acceptors (Lipinski definition) is 2. The SMILES string of the molecule is C/C(N)=C\CC/N=C/[SiH3]. The molecule has 0 amide bonds. The standard InChI is InChI=1S/C6H14N2Si/c1-6(7)3-2-4-8-5-9/h3,5H,2,4,7H2,1,9H3/b6-3+,8-5+. The molecule has 0 aromatic carbocycles. The zero-order valence-electron chi connectivity index (χ0n) is 6.09. The van der Waals surface area contributed by atoms with Crippen molar-refractivity contribution in [3.05, 3.63) is 11.8 Å². The fourth-order valence-corrected chi connectivity index (χ4v) is 0.754. The fraction of sp³-hybridized carbons (Fsp3) is 0.500. The van der Waals surface area contributed by atoms with Gasteiger partial charge in [-0.15, -0.1) is 0 Å². The molecule has 0 rings (SSSR count). The Hall–Kier alpha value is -0.573. The zero-order chi connectivity index (χ0) is 7.11. The van der Waals surface area contributed by atoms with Gasteiger partial charge in [-0.1, -0.05) is 6.08 Å². The van der Waals surface area contributed by atoms with Gasteiger partial charge >= 0.3 is 0 Å². The molecule has 0 saturated carbocycles. The maximum absolute atomic E-state index is 5.39. The summed E-state index contributed by atoms with van der Waals surface area (Å²) in [5, 5.41) is 0. The van der Waals surface area contributed by atoms with Crippen LogP contribution in [-0.4, -0.2) is 22.6 Å². The summed E-state index contributed by atoms with van der Waals surface area (Å²) in [6.07, 6.45) is 2.97. The summed E-state index contributed by atoms with van der Waals surface area (Å²) in [6.45, 7) is 2.78. The maximum Gasteiger partial charge on any atom is 0.0521 e. The monoisotopic (exact) mass is 142 g/mol. The predicted octanol–water partition coefficient (Wildman–Crippen LogP) is -0.367. The molecule has 0 saturated heterocycles. The lowest BCUT2D eigenvalue weighted by atomic mass is 10.3. The van der Waals surface area contributed by atoms with Crippen molar-refractivity contribution in [3.8, 4) is 0 Å². The van der Waals surface area contributed by atoms with Crippen LogP contribution in [0.25, 0.3) is 0 Å². The third-order valence-corrected chi connectivity index (χ3v) is 1.27. The van der Waals surface area contributed by atoms with Crippen LogP contribution >= 0.6 is 0 Å². The van der Waals surface area contributed by atoms with Gasteiger partial charge in [0.25, 0.3) is 0 Å². The Bertz CT molecular complexity index is 114. The highest BCUT2D eigenvalue weighted by Crippen LogP contribution is 1.86. The normalized spacial score (nSPS) is 13.2. The number of hydrogen-bond donors (Lipinski definition) is 1. The van der Waals surface area contributed by atoms with Gasteiger partial charge in [0.1, 0.15) is 0 Å². The molecule has 9 heavy (non-hydrogen) atoms. The lowest BCUT2D eigenvalue weighted by Crippen LogP contribution is -1.90. The Morgan fingerprint density at radius 1 is 1.78 bits per heavy atom. The highest BCUT2D eigenvalue weighted by Gasteiger charge is 1.76. The van der Waals surface area contributed by atoms with Gasteiger partial charge < -0.3 is 10.7 Å². The molecular weight excluding hydrogens is 128 g/mol. The molecule has 0 fully saturated rings. The Labute approximate surface area is 59.3 Å². The average molecular weight is 142 g/mol. The van der Waals surface area contributed by atoms with E-state index in [0.29, 0.717) is 0 Å². The molecule has 0 aromatic rings. The van der Waals surface area contributed by atoms with Crippen molar-refractivity contribution >= 4 is 16.1 Å². The molecule has 0 aromatic heterocycles. The van der Waals surface area contributed by atoms with Crippen LogP contribution in [0.4, 0.5) is 0 Å². The molecule has 0 spiro atoms. The van der Waals surface area contributed by atoms with Crippen LogP contribution in [0.3, 0.4) is 0 Å². The highest BCUT2D eigenvalue weighted by atomic mass is 28.1. The molecule has 0 atom stereocenters. The largest absolute Gasteiger partial charge is 0.403 e. The van der Waals surface area contributed by atoms with E-state index in [4.69, 9.17) is 5.73 Å². The Balaban J connectivity index is 3.20. The lowest BCUT2D eigenvalue weighted by molar-refractivity contribution is 0.999. The second kappa shape index (κ2) is 5.56. The van der Waals surface area contributed by atoms with Crippen molar-refractivity contribution in [2.75, 3.05) is 6.54 Å². The van der Waals surface area contributed by atoms with Gasteiger partial charge in [-0.3, -0.25) is 0 Å². The predicted molar refractivity (Wildman–Crippen MR) is 45.9 cm³/mol. The van der Waals surface area contributed by atoms with Crippen LogP contribution in [0.1, 0.15) is 13.3 Å². The number of rotatable bonds is 3. The van der Waals surface area contributed by atoms with E-state index in [0.717, 1.165) is 28.9 Å². The third kappa shape index (κ3) is 7.43. The summed E-state index contributed by atoms with van der Waals surface area (Å²) in [7, 11) is 1.06. The van der Waals surface area contributed by atoms with E-state index in [2.05, 4.69) is 4.99 Å². The zero-order valence-corrected chi connectivity index (χ0v) is 8.09. The first-order chi connectivity index (χ1) is 4.27. The van der Waals surface area contributed by atoms with Gasteiger partial charge in [-0.25, -0.2) is 0 Å². The molecule has 0 aliphatic carbocycles. The molecule has 2 N–H and O–H groups in total. The van der Waals surface area contributed by atoms with Crippen molar-refractivity contribution in [2.24, 2.45) is 10.7 Å². The second-order valence-electron chi connectivity index (χ2n) is 1.90. The summed E-state index contributed by atoms with van der Waals surface area (Å²) in [4.78, 5) is 4.08. The van der Waals surface area contributed by atoms with Crippen molar-refractivity contribution in [2.45, 2.75) is 13.3 Å². The van der Waals surface area contributed by atoms with Crippen LogP contribution in [0.2, 0.25) is 0 Å². The molecule has 0 aliphatic heterocycles. The molecule has 2 nitrogen and oxygen atoms in total. The molecule has 0 unspecified atom stereocenters. The van der Waals surface area contributed by atoms with E-state index in [1.165, 1.54) is 0 Å². The minimum Gasteiger partial charge on any atom is -0.403 e. The van der Waals surface area contributed by atoms with Gasteiger partial charge in [0.2, 0.25) is 0 Å². The number of aliphatic imine (C=N–C) groups is 1. The van der Waals surface area contributed by atoms with Crippen LogP contribution in [0, 0.1) is 0 Å². The summed E-state index contributed by atoms with van der Waals surface area (Å²) in [5.41, 5.74) is 6.28. The van der Waals surface area contributed by atoms with E-state index in [1.54, 1.807) is 0 Å². The van der Waals surface area contributed by atoms with Gasteiger partial charge in [0, 0.05) is 12.2 Å². The molecular formula is C6H14N2Si. The van der Waals surface area contributed by atoms with E-state index >= 15 is 0 Å². The summed E-state index contributed by atoms with van der Waals surface area (Å²) >= 11 is 0. The molecule has 52 valence electrons. The minimum atomic E-state index is 0.887. The lowest BCUT2D eigenvalue weighted by Gasteiger charge is -1.88. The van der Waals surface area contributed by atoms with Crippen LogP contribution in [0.15, 0.2) is 16.8 Å². The van der Waals surface area contributed by atoms with Crippen molar-refractivity contribution in [1.29, 1.82) is 0 Å². The average Bonchev–Trinajstić information content (AvgIpc) is 1.80. The highest BCUT2D eigenvalue weighted by molar-refractivity contribution is 6.49. The molecule has 0 aliphatic rings. The van der Waals surface area contributed by atoms with Crippen LogP contribution in [0.5, 0.6) is 0 Å². The van der Waals surface area contributed by atoms with E-state index in [-0.39, 0.29) is 0 Å². The Morgan fingerprint density at radius 2 is 2.44 bits per heavy atom. The molecule has 0 bridgehead atoms. The van der Waals surface area contributed by atoms with Gasteiger partial charge in [0.05, 0.1) is 10.2 Å². The van der Waals surface area contributed by atoms with Crippen molar-refractivity contribution < 1.29 is 0 Å². The van der Waals surface area contributed by atoms with Crippen LogP contribution < -0.4 is 5.73 Å².